The number of carbonyl (C=O) groups is 1. The van der Waals surface area contributed by atoms with E-state index in [1.165, 1.54) is 0 Å². The fourth-order valence-corrected chi connectivity index (χ4v) is 4.75. The Balaban J connectivity index is 1.93. The van der Waals surface area contributed by atoms with Gasteiger partial charge in [0, 0.05) is 36.7 Å². The normalized spacial score (nSPS) is 11.5. The van der Waals surface area contributed by atoms with Crippen molar-refractivity contribution in [3.05, 3.63) is 29.8 Å². The van der Waals surface area contributed by atoms with E-state index in [2.05, 4.69) is 55.8 Å². The maximum atomic E-state index is 12.1. The zero-order chi connectivity index (χ0) is 27.0. The second-order valence-electron chi connectivity index (χ2n) is 9.16. The molecule has 0 spiro atoms. The molecule has 1 aromatic rings. The van der Waals surface area contributed by atoms with Crippen molar-refractivity contribution in [3.8, 4) is 0 Å². The lowest BCUT2D eigenvalue weighted by Gasteiger charge is -2.09. The minimum absolute atomic E-state index is 0.00396. The third kappa shape index (κ3) is 22.8. The smallest absolute Gasteiger partial charge is 0.224 e. The van der Waals surface area contributed by atoms with Crippen LogP contribution in [0.3, 0.4) is 0 Å². The first-order valence-corrected chi connectivity index (χ1v) is 15.7. The molecular formula is C27H49N3O5S2. The lowest BCUT2D eigenvalue weighted by molar-refractivity contribution is -0.120. The van der Waals surface area contributed by atoms with Crippen molar-refractivity contribution >= 4 is 27.5 Å². The lowest BCUT2D eigenvalue weighted by atomic mass is 10.1. The van der Waals surface area contributed by atoms with Crippen LogP contribution in [0.4, 0.5) is 0 Å². The number of nitrogens with one attached hydrogen (secondary N) is 3. The number of amides is 1. The SMILES string of the molecule is CC(C)NCCCCOCSSc1ccc(CC(=O)NCCOCCOCCOCCNC(C)C)cc1. The van der Waals surface area contributed by atoms with Gasteiger partial charge >= 0.3 is 0 Å². The molecule has 0 radical (unpaired) electrons. The summed E-state index contributed by atoms with van der Waals surface area (Å²) in [6.45, 7) is 15.1. The lowest BCUT2D eigenvalue weighted by Crippen LogP contribution is -2.29. The molecule has 214 valence electrons. The Kier molecular flexibility index (Phi) is 22.4. The van der Waals surface area contributed by atoms with Crippen LogP contribution in [0.25, 0.3) is 0 Å². The molecule has 0 bridgehead atoms. The summed E-state index contributed by atoms with van der Waals surface area (Å²) in [4.78, 5) is 13.3. The van der Waals surface area contributed by atoms with Crippen LogP contribution in [-0.4, -0.2) is 89.8 Å². The monoisotopic (exact) mass is 559 g/mol. The van der Waals surface area contributed by atoms with Crippen molar-refractivity contribution in [1.29, 1.82) is 0 Å². The molecule has 1 aromatic carbocycles. The largest absolute Gasteiger partial charge is 0.378 e. The number of hydrogen-bond donors (Lipinski definition) is 3. The van der Waals surface area contributed by atoms with Gasteiger partial charge in [0.15, 0.2) is 0 Å². The molecule has 0 saturated carbocycles. The van der Waals surface area contributed by atoms with E-state index < -0.39 is 0 Å². The van der Waals surface area contributed by atoms with Crippen LogP contribution >= 0.6 is 21.6 Å². The van der Waals surface area contributed by atoms with Gasteiger partial charge in [-0.1, -0.05) is 61.4 Å². The van der Waals surface area contributed by atoms with Crippen molar-refractivity contribution < 1.29 is 23.7 Å². The van der Waals surface area contributed by atoms with Gasteiger partial charge in [-0.3, -0.25) is 4.79 Å². The first-order valence-electron chi connectivity index (χ1n) is 13.4. The van der Waals surface area contributed by atoms with Crippen molar-refractivity contribution in [2.75, 3.05) is 71.8 Å². The molecule has 0 aliphatic carbocycles. The summed E-state index contributed by atoms with van der Waals surface area (Å²) in [7, 11) is 3.38. The maximum absolute atomic E-state index is 12.1. The Bertz CT molecular complexity index is 666. The molecule has 0 heterocycles. The second kappa shape index (κ2) is 24.2. The molecular weight excluding hydrogens is 510 g/mol. The van der Waals surface area contributed by atoms with E-state index in [0.717, 1.165) is 43.0 Å². The van der Waals surface area contributed by atoms with Gasteiger partial charge in [0.05, 0.1) is 46.1 Å². The van der Waals surface area contributed by atoms with Crippen molar-refractivity contribution in [2.24, 2.45) is 0 Å². The summed E-state index contributed by atoms with van der Waals surface area (Å²) in [5.41, 5.74) is 0.995. The quantitative estimate of drug-likeness (QED) is 0.0938. The topological polar surface area (TPSA) is 90.1 Å². The van der Waals surface area contributed by atoms with E-state index in [-0.39, 0.29) is 5.91 Å². The molecule has 0 saturated heterocycles. The predicted octanol–water partition coefficient (Wildman–Crippen LogP) is 3.89. The number of ether oxygens (including phenoxy) is 4. The fraction of sp³-hybridized carbons (Fsp3) is 0.741. The van der Waals surface area contributed by atoms with Gasteiger partial charge in [0.25, 0.3) is 0 Å². The van der Waals surface area contributed by atoms with E-state index >= 15 is 0 Å². The van der Waals surface area contributed by atoms with Crippen molar-refractivity contribution in [3.63, 3.8) is 0 Å². The number of carbonyl (C=O) groups excluding carboxylic acids is 1. The van der Waals surface area contributed by atoms with Crippen LogP contribution in [0, 0.1) is 0 Å². The number of unbranched alkanes of at least 4 members (excludes halogenated alkanes) is 1. The van der Waals surface area contributed by atoms with Gasteiger partial charge < -0.3 is 34.9 Å². The zero-order valence-corrected chi connectivity index (χ0v) is 24.9. The van der Waals surface area contributed by atoms with Gasteiger partial charge in [-0.25, -0.2) is 0 Å². The summed E-state index contributed by atoms with van der Waals surface area (Å²) in [5, 5.41) is 9.60. The summed E-state index contributed by atoms with van der Waals surface area (Å²) in [6, 6.07) is 9.13. The molecule has 8 nitrogen and oxygen atoms in total. The Morgan fingerprint density at radius 2 is 1.32 bits per heavy atom. The van der Waals surface area contributed by atoms with E-state index in [9.17, 15) is 4.79 Å². The summed E-state index contributed by atoms with van der Waals surface area (Å²) in [6.07, 6.45) is 2.58. The standard InChI is InChI=1S/C27H49N3O5S2/c1-23(2)28-11-5-6-14-35-22-36-37-26-9-7-25(8-10-26)21-27(31)30-13-16-33-18-20-34-19-17-32-15-12-29-24(3)4/h7-10,23-24,28-29H,5-6,11-22H2,1-4H3,(H,30,31). The summed E-state index contributed by atoms with van der Waals surface area (Å²) >= 11 is 0. The molecule has 0 aliphatic rings. The molecule has 0 unspecified atom stereocenters. The number of rotatable bonds is 25. The molecule has 1 amide bonds. The third-order valence-corrected chi connectivity index (χ3v) is 7.02. The van der Waals surface area contributed by atoms with E-state index in [1.807, 2.05) is 12.1 Å². The van der Waals surface area contributed by atoms with Gasteiger partial charge in [-0.05, 0) is 37.1 Å². The fourth-order valence-electron chi connectivity index (χ4n) is 3.04. The Morgan fingerprint density at radius 1 is 0.730 bits per heavy atom. The summed E-state index contributed by atoms with van der Waals surface area (Å²) < 4.78 is 22.1. The third-order valence-electron chi connectivity index (χ3n) is 4.95. The van der Waals surface area contributed by atoms with Crippen LogP contribution in [0.5, 0.6) is 0 Å². The highest BCUT2D eigenvalue weighted by atomic mass is 33.1. The number of benzene rings is 1. The minimum atomic E-state index is -0.00396. The molecule has 0 aliphatic heterocycles. The maximum Gasteiger partial charge on any atom is 0.224 e. The van der Waals surface area contributed by atoms with Gasteiger partial charge in [-0.2, -0.15) is 0 Å². The first-order chi connectivity index (χ1) is 18.0. The molecule has 0 atom stereocenters. The van der Waals surface area contributed by atoms with E-state index in [0.29, 0.717) is 70.6 Å². The van der Waals surface area contributed by atoms with E-state index in [4.69, 9.17) is 18.9 Å². The predicted molar refractivity (Wildman–Crippen MR) is 155 cm³/mol. The van der Waals surface area contributed by atoms with Gasteiger partial charge in [-0.15, -0.1) is 0 Å². The average molecular weight is 560 g/mol. The van der Waals surface area contributed by atoms with Crippen LogP contribution in [-0.2, 0) is 30.2 Å². The Hall–Kier alpha value is -0.850. The minimum Gasteiger partial charge on any atom is -0.378 e. The van der Waals surface area contributed by atoms with Crippen LogP contribution in [0.1, 0.15) is 46.1 Å². The molecule has 0 aromatic heterocycles. The van der Waals surface area contributed by atoms with E-state index in [1.54, 1.807) is 21.6 Å². The van der Waals surface area contributed by atoms with Gasteiger partial charge in [0.1, 0.15) is 5.94 Å². The second-order valence-corrected chi connectivity index (χ2v) is 11.5. The first kappa shape index (κ1) is 34.2. The molecule has 0 fully saturated rings. The number of hydrogen-bond acceptors (Lipinski definition) is 9. The highest BCUT2D eigenvalue weighted by Crippen LogP contribution is 2.31. The Labute approximate surface area is 232 Å². The van der Waals surface area contributed by atoms with Gasteiger partial charge in [0.2, 0.25) is 5.91 Å². The Morgan fingerprint density at radius 3 is 1.97 bits per heavy atom. The van der Waals surface area contributed by atoms with Crippen molar-refractivity contribution in [1.82, 2.24) is 16.0 Å². The highest BCUT2D eigenvalue weighted by Gasteiger charge is 2.04. The summed E-state index contributed by atoms with van der Waals surface area (Å²) in [5.74, 6) is 0.668. The van der Waals surface area contributed by atoms with Crippen LogP contribution in [0.15, 0.2) is 29.2 Å². The highest BCUT2D eigenvalue weighted by molar-refractivity contribution is 8.76. The van der Waals surface area contributed by atoms with Crippen molar-refractivity contribution in [2.45, 2.75) is 63.9 Å². The zero-order valence-electron chi connectivity index (χ0n) is 23.2. The van der Waals surface area contributed by atoms with Crippen LogP contribution < -0.4 is 16.0 Å². The average Bonchev–Trinajstić information content (AvgIpc) is 2.86. The molecule has 3 N–H and O–H groups in total. The molecule has 37 heavy (non-hydrogen) atoms. The van der Waals surface area contributed by atoms with Crippen LogP contribution in [0.2, 0.25) is 0 Å². The molecule has 1 rings (SSSR count). The molecule has 10 heteroatoms.